The average Bonchev–Trinajstić information content (AvgIpc) is 1.63. The standard InChI is InChI=1S/C48H34O.C32H24N2.C2H6.CH4/c1-47(43-17-9-7-15-39(43)41-27-31-11-3-5-13-33(31)29-45(41)47)35-19-23-37(24-20-35)49-38-25-21-36(22-26-38)48(2)44-18-10-8-16-40(44)42-28-32-12-4-6-14-34(32)30-46(42)48;1-3-20-33(31-18-16-25-10-5-7-12-27(25)22-31)29-14-9-15-30(24-29)34(21-4-2)32-19-17-26-11-6-8-13-28(26)23-32;1-2;/h3-30H,1-2H3;1-2,5-19,22-24H,20-21H2;1-2H3;1H4. The second-order valence-corrected chi connectivity index (χ2v) is 22.1. The van der Waals surface area contributed by atoms with Crippen LogP contribution in [0.2, 0.25) is 0 Å². The van der Waals surface area contributed by atoms with E-state index in [2.05, 4.69) is 315 Å². The highest BCUT2D eigenvalue weighted by Gasteiger charge is 2.42. The zero-order valence-corrected chi connectivity index (χ0v) is 48.4. The summed E-state index contributed by atoms with van der Waals surface area (Å²) in [5.41, 5.74) is 16.9. The van der Waals surface area contributed by atoms with Gasteiger partial charge in [-0.1, -0.05) is 221 Å². The molecule has 3 nitrogen and oxygen atoms in total. The first-order valence-electron chi connectivity index (χ1n) is 29.4. The Hall–Kier alpha value is -10.6. The van der Waals surface area contributed by atoms with Crippen LogP contribution in [-0.4, -0.2) is 13.1 Å². The van der Waals surface area contributed by atoms with E-state index in [0.29, 0.717) is 13.1 Å². The topological polar surface area (TPSA) is 15.7 Å². The van der Waals surface area contributed by atoms with Crippen molar-refractivity contribution in [3.05, 3.63) is 312 Å². The summed E-state index contributed by atoms with van der Waals surface area (Å²) in [5.74, 6) is 7.30. The van der Waals surface area contributed by atoms with Gasteiger partial charge in [-0.15, -0.1) is 12.8 Å². The summed E-state index contributed by atoms with van der Waals surface area (Å²) < 4.78 is 6.47. The number of nitrogens with zero attached hydrogens (tertiary/aromatic N) is 2. The smallest absolute Gasteiger partial charge is 0.127 e. The molecule has 13 aromatic carbocycles. The Kier molecular flexibility index (Phi) is 15.3. The van der Waals surface area contributed by atoms with Crippen LogP contribution in [0.4, 0.5) is 22.7 Å². The Bertz CT molecular complexity index is 4440. The van der Waals surface area contributed by atoms with Crippen LogP contribution >= 0.6 is 0 Å². The number of fused-ring (bicyclic) bond motifs is 10. The molecule has 0 saturated carbocycles. The highest BCUT2D eigenvalue weighted by molar-refractivity contribution is 5.96. The fraction of sp³-hybridized carbons (Fsp3) is 0.108. The first-order valence-corrected chi connectivity index (χ1v) is 29.4. The third-order valence-corrected chi connectivity index (χ3v) is 17.5. The van der Waals surface area contributed by atoms with E-state index in [1.165, 1.54) is 98.7 Å². The van der Waals surface area contributed by atoms with Gasteiger partial charge in [0.1, 0.15) is 11.5 Å². The normalized spacial score (nSPS) is 14.8. The van der Waals surface area contributed by atoms with Crippen LogP contribution in [0.25, 0.3) is 65.3 Å². The van der Waals surface area contributed by atoms with Crippen molar-refractivity contribution in [3.63, 3.8) is 0 Å². The Balaban J connectivity index is 0.000000172. The minimum atomic E-state index is -0.259. The minimum absolute atomic E-state index is 0. The molecule has 0 saturated heterocycles. The molecule has 416 valence electrons. The molecule has 13 aromatic rings. The number of ether oxygens (including phenoxy) is 1. The van der Waals surface area contributed by atoms with Crippen LogP contribution in [0.15, 0.2) is 279 Å². The zero-order chi connectivity index (χ0) is 58.1. The summed E-state index contributed by atoms with van der Waals surface area (Å²) in [4.78, 5) is 4.31. The maximum Gasteiger partial charge on any atom is 0.127 e. The van der Waals surface area contributed by atoms with Crippen LogP contribution in [0, 0.1) is 24.7 Å². The lowest BCUT2D eigenvalue weighted by Crippen LogP contribution is -2.22. The molecule has 2 aliphatic carbocycles. The zero-order valence-electron chi connectivity index (χ0n) is 48.4. The maximum atomic E-state index is 6.47. The van der Waals surface area contributed by atoms with Crippen molar-refractivity contribution < 1.29 is 4.74 Å². The summed E-state index contributed by atoms with van der Waals surface area (Å²) in [6, 6.07) is 100.0. The molecule has 0 bridgehead atoms. The van der Waals surface area contributed by atoms with Gasteiger partial charge in [-0.05, 0) is 204 Å². The average molecular weight is 1110 g/mol. The summed E-state index contributed by atoms with van der Waals surface area (Å²) in [6.07, 6.45) is 11.6. The highest BCUT2D eigenvalue weighted by Crippen LogP contribution is 2.55. The van der Waals surface area contributed by atoms with E-state index in [0.717, 1.165) is 34.2 Å². The van der Waals surface area contributed by atoms with Gasteiger partial charge in [0.15, 0.2) is 0 Å². The number of rotatable bonds is 10. The van der Waals surface area contributed by atoms with E-state index in [1.807, 2.05) is 13.8 Å². The molecule has 86 heavy (non-hydrogen) atoms. The number of benzene rings is 13. The Labute approximate surface area is 507 Å². The predicted octanol–water partition coefficient (Wildman–Crippen LogP) is 21.7. The third kappa shape index (κ3) is 9.88. The Morgan fingerprint density at radius 3 is 1.02 bits per heavy atom. The van der Waals surface area contributed by atoms with Gasteiger partial charge in [0.05, 0.1) is 13.1 Å². The van der Waals surface area contributed by atoms with Crippen LogP contribution in [0.1, 0.15) is 68.5 Å². The monoisotopic (exact) mass is 1110 g/mol. The van der Waals surface area contributed by atoms with Crippen LogP contribution < -0.4 is 14.5 Å². The van der Waals surface area contributed by atoms with Crippen LogP contribution in [0.5, 0.6) is 11.5 Å². The minimum Gasteiger partial charge on any atom is -0.457 e. The molecular formula is C83H68N2O. The van der Waals surface area contributed by atoms with Crippen molar-refractivity contribution in [2.75, 3.05) is 22.9 Å². The molecule has 0 amide bonds. The van der Waals surface area contributed by atoms with E-state index in [9.17, 15) is 0 Å². The number of terminal acetylenes is 2. The molecule has 0 spiro atoms. The molecule has 0 N–H and O–H groups in total. The molecule has 0 radical (unpaired) electrons. The second kappa shape index (κ2) is 23.6. The Morgan fingerprint density at radius 1 is 0.314 bits per heavy atom. The van der Waals surface area contributed by atoms with Gasteiger partial charge in [0, 0.05) is 33.6 Å². The van der Waals surface area contributed by atoms with Crippen LogP contribution in [0.3, 0.4) is 0 Å². The van der Waals surface area contributed by atoms with E-state index in [4.69, 9.17) is 17.6 Å². The lowest BCUT2D eigenvalue weighted by Gasteiger charge is -2.29. The van der Waals surface area contributed by atoms with Gasteiger partial charge in [-0.2, -0.15) is 0 Å². The summed E-state index contributed by atoms with van der Waals surface area (Å²) in [6.45, 7) is 9.66. The molecule has 15 rings (SSSR count). The van der Waals surface area contributed by atoms with Crippen molar-refractivity contribution in [3.8, 4) is 58.4 Å². The van der Waals surface area contributed by atoms with Gasteiger partial charge in [-0.3, -0.25) is 0 Å². The number of hydrogen-bond acceptors (Lipinski definition) is 3. The van der Waals surface area contributed by atoms with E-state index in [-0.39, 0.29) is 18.3 Å². The van der Waals surface area contributed by atoms with E-state index < -0.39 is 0 Å². The van der Waals surface area contributed by atoms with Crippen molar-refractivity contribution >= 4 is 65.8 Å². The predicted molar refractivity (Wildman–Crippen MR) is 367 cm³/mol. The maximum absolute atomic E-state index is 6.47. The fourth-order valence-corrected chi connectivity index (χ4v) is 13.2. The van der Waals surface area contributed by atoms with E-state index in [1.54, 1.807) is 0 Å². The molecule has 0 fully saturated rings. The molecule has 0 heterocycles. The van der Waals surface area contributed by atoms with Crippen molar-refractivity contribution in [2.24, 2.45) is 0 Å². The largest absolute Gasteiger partial charge is 0.457 e. The number of anilines is 4. The Morgan fingerprint density at radius 2 is 0.640 bits per heavy atom. The summed E-state index contributed by atoms with van der Waals surface area (Å²) >= 11 is 0. The molecule has 0 aromatic heterocycles. The lowest BCUT2D eigenvalue weighted by atomic mass is 9.74. The van der Waals surface area contributed by atoms with Gasteiger partial charge in [0.2, 0.25) is 0 Å². The highest BCUT2D eigenvalue weighted by atomic mass is 16.5. The quantitative estimate of drug-likeness (QED) is 0.127. The molecule has 2 aliphatic rings. The molecular weight excluding hydrogens is 1040 g/mol. The van der Waals surface area contributed by atoms with Gasteiger partial charge in [-0.25, -0.2) is 0 Å². The second-order valence-electron chi connectivity index (χ2n) is 22.1. The summed E-state index contributed by atoms with van der Waals surface area (Å²) in [5, 5.41) is 9.88. The van der Waals surface area contributed by atoms with E-state index >= 15 is 0 Å². The lowest BCUT2D eigenvalue weighted by molar-refractivity contribution is 0.481. The molecule has 3 heteroatoms. The third-order valence-electron chi connectivity index (χ3n) is 17.5. The first kappa shape index (κ1) is 55.9. The molecule has 0 aliphatic heterocycles. The molecule has 2 atom stereocenters. The van der Waals surface area contributed by atoms with Crippen molar-refractivity contribution in [1.82, 2.24) is 0 Å². The van der Waals surface area contributed by atoms with Crippen molar-refractivity contribution in [2.45, 2.75) is 46.0 Å². The fourth-order valence-electron chi connectivity index (χ4n) is 13.2. The molecule has 2 unspecified atom stereocenters. The van der Waals surface area contributed by atoms with Crippen molar-refractivity contribution in [1.29, 1.82) is 0 Å². The van der Waals surface area contributed by atoms with Gasteiger partial charge >= 0.3 is 0 Å². The van der Waals surface area contributed by atoms with Crippen LogP contribution in [-0.2, 0) is 10.8 Å². The number of hydrogen-bond donors (Lipinski definition) is 0. The first-order chi connectivity index (χ1) is 41.8. The SMILES string of the molecule is C.C#CCN(c1cccc(N(CC#C)c2ccc3ccccc3c2)c1)c1ccc2ccccc2c1.CC.CC1(c2ccc(Oc3ccc(C4(C)c5ccccc5-c5cc6ccccc6cc54)cc3)cc2)c2ccccc2-c2cc3ccccc3cc21. The van der Waals surface area contributed by atoms with Gasteiger partial charge in [0.25, 0.3) is 0 Å². The summed E-state index contributed by atoms with van der Waals surface area (Å²) in [7, 11) is 0. The van der Waals surface area contributed by atoms with Gasteiger partial charge < -0.3 is 14.5 Å².